The molecule has 0 saturated carbocycles. The van der Waals surface area contributed by atoms with Gasteiger partial charge in [0.15, 0.2) is 9.84 Å². The van der Waals surface area contributed by atoms with Gasteiger partial charge in [0.2, 0.25) is 5.76 Å². The van der Waals surface area contributed by atoms with Crippen molar-refractivity contribution in [1.29, 1.82) is 0 Å². The minimum absolute atomic E-state index is 0.0208. The van der Waals surface area contributed by atoms with Crippen LogP contribution in [0.1, 0.15) is 16.3 Å². The average molecular weight is 264 g/mol. The monoisotopic (exact) mass is 264 g/mol. The Morgan fingerprint density at radius 3 is 2.53 bits per heavy atom. The topological polar surface area (TPSA) is 125 Å². The Labute approximate surface area is 97.2 Å². The van der Waals surface area contributed by atoms with Gasteiger partial charge in [0.05, 0.1) is 18.5 Å². The first-order valence-electron chi connectivity index (χ1n) is 4.65. The van der Waals surface area contributed by atoms with Crippen LogP contribution in [0.3, 0.4) is 0 Å². The Morgan fingerprint density at radius 1 is 1.41 bits per heavy atom. The first-order valence-corrected chi connectivity index (χ1v) is 6.47. The highest BCUT2D eigenvalue weighted by Crippen LogP contribution is 2.12. The van der Waals surface area contributed by atoms with Gasteiger partial charge in [-0.1, -0.05) is 0 Å². The van der Waals surface area contributed by atoms with E-state index in [-0.39, 0.29) is 11.5 Å². The van der Waals surface area contributed by atoms with Crippen LogP contribution in [0.2, 0.25) is 0 Å². The highest BCUT2D eigenvalue weighted by atomic mass is 32.2. The molecule has 0 radical (unpaired) electrons. The molecule has 0 amide bonds. The van der Waals surface area contributed by atoms with Crippen LogP contribution in [0.15, 0.2) is 16.5 Å². The van der Waals surface area contributed by atoms with Crippen molar-refractivity contribution in [2.45, 2.75) is 11.9 Å². The van der Waals surface area contributed by atoms with Gasteiger partial charge >= 0.3 is 5.97 Å². The number of carboxylic acid groups (broad SMARTS) is 1. The maximum Gasteiger partial charge on any atom is 0.371 e. The van der Waals surface area contributed by atoms with Gasteiger partial charge in [0.1, 0.15) is 11.5 Å². The Morgan fingerprint density at radius 2 is 2.06 bits per heavy atom. The zero-order valence-electron chi connectivity index (χ0n) is 8.74. The molecule has 1 aromatic rings. The molecule has 0 fully saturated rings. The first kappa shape index (κ1) is 13.7. The number of furan rings is 1. The maximum atomic E-state index is 11.5. The van der Waals surface area contributed by atoms with Crippen molar-refractivity contribution in [3.05, 3.63) is 23.7 Å². The van der Waals surface area contributed by atoms with Crippen molar-refractivity contribution in [2.75, 3.05) is 12.4 Å². The van der Waals surface area contributed by atoms with Crippen LogP contribution in [0, 0.1) is 0 Å². The van der Waals surface area contributed by atoms with Crippen molar-refractivity contribution in [3.8, 4) is 0 Å². The van der Waals surface area contributed by atoms with Crippen molar-refractivity contribution >= 4 is 15.8 Å². The molecule has 0 aliphatic rings. The lowest BCUT2D eigenvalue weighted by molar-refractivity contribution is 0.0660. The molecule has 1 heterocycles. The van der Waals surface area contributed by atoms with Crippen LogP contribution < -0.4 is 0 Å². The van der Waals surface area contributed by atoms with Crippen LogP contribution >= 0.6 is 0 Å². The number of hydrogen-bond acceptors (Lipinski definition) is 6. The number of rotatable bonds is 6. The molecule has 0 bridgehead atoms. The predicted octanol–water partition coefficient (Wildman–Crippen LogP) is -0.754. The Hall–Kier alpha value is -1.38. The van der Waals surface area contributed by atoms with Crippen LogP contribution in [-0.2, 0) is 15.6 Å². The van der Waals surface area contributed by atoms with Gasteiger partial charge in [0, 0.05) is 0 Å². The summed E-state index contributed by atoms with van der Waals surface area (Å²) in [4.78, 5) is 10.5. The van der Waals surface area contributed by atoms with E-state index in [1.807, 2.05) is 0 Å². The summed E-state index contributed by atoms with van der Waals surface area (Å²) in [6, 6.07) is 2.39. The van der Waals surface area contributed by atoms with Crippen LogP contribution in [0.4, 0.5) is 0 Å². The summed E-state index contributed by atoms with van der Waals surface area (Å²) in [6.07, 6.45) is -1.35. The van der Waals surface area contributed by atoms with E-state index in [0.29, 0.717) is 0 Å². The molecule has 7 nitrogen and oxygen atoms in total. The van der Waals surface area contributed by atoms with Gasteiger partial charge in [-0.15, -0.1) is 0 Å². The molecular weight excluding hydrogens is 252 g/mol. The maximum absolute atomic E-state index is 11.5. The third kappa shape index (κ3) is 4.17. The van der Waals surface area contributed by atoms with E-state index in [1.54, 1.807) is 0 Å². The predicted molar refractivity (Wildman–Crippen MR) is 56.3 cm³/mol. The molecule has 0 saturated heterocycles. The van der Waals surface area contributed by atoms with E-state index in [2.05, 4.69) is 0 Å². The molecule has 1 unspecified atom stereocenters. The highest BCUT2D eigenvalue weighted by molar-refractivity contribution is 7.90. The Balaban J connectivity index is 2.73. The summed E-state index contributed by atoms with van der Waals surface area (Å²) in [5.74, 6) is -2.78. The molecule has 1 rings (SSSR count). The number of aromatic carboxylic acids is 1. The lowest BCUT2D eigenvalue weighted by Gasteiger charge is -2.06. The van der Waals surface area contributed by atoms with Crippen LogP contribution in [0.25, 0.3) is 0 Å². The largest absolute Gasteiger partial charge is 0.475 e. The van der Waals surface area contributed by atoms with Crippen LogP contribution in [0.5, 0.6) is 0 Å². The number of carboxylic acids is 1. The van der Waals surface area contributed by atoms with Crippen molar-refractivity contribution in [1.82, 2.24) is 0 Å². The van der Waals surface area contributed by atoms with E-state index in [1.165, 1.54) is 6.07 Å². The van der Waals surface area contributed by atoms with Gasteiger partial charge in [0.25, 0.3) is 0 Å². The average Bonchev–Trinajstić information content (AvgIpc) is 2.64. The number of hydrogen-bond donors (Lipinski definition) is 3. The van der Waals surface area contributed by atoms with Gasteiger partial charge in [-0.25, -0.2) is 13.2 Å². The molecule has 17 heavy (non-hydrogen) atoms. The SMILES string of the molecule is O=C(O)c1ccc(CS(=O)(=O)CC(O)CO)o1. The molecule has 96 valence electrons. The van der Waals surface area contributed by atoms with Gasteiger partial charge in [-0.3, -0.25) is 0 Å². The third-order valence-corrected chi connectivity index (χ3v) is 3.51. The normalized spacial score (nSPS) is 13.5. The number of aliphatic hydroxyl groups is 2. The summed E-state index contributed by atoms with van der Waals surface area (Å²) in [5.41, 5.74) is 0. The second kappa shape index (κ2) is 5.30. The van der Waals surface area contributed by atoms with Gasteiger partial charge < -0.3 is 19.7 Å². The molecular formula is C9H12O7S. The van der Waals surface area contributed by atoms with E-state index in [4.69, 9.17) is 19.7 Å². The quantitative estimate of drug-likeness (QED) is 0.617. The van der Waals surface area contributed by atoms with Crippen LogP contribution in [-0.4, -0.2) is 48.2 Å². The minimum atomic E-state index is -3.66. The fraction of sp³-hybridized carbons (Fsp3) is 0.444. The molecule has 0 aromatic carbocycles. The summed E-state index contributed by atoms with van der Waals surface area (Å²) in [6.45, 7) is -0.655. The molecule has 0 aliphatic carbocycles. The molecule has 8 heteroatoms. The number of aliphatic hydroxyl groups excluding tert-OH is 2. The fourth-order valence-electron chi connectivity index (χ4n) is 1.19. The zero-order chi connectivity index (χ0) is 13.1. The second-order valence-corrected chi connectivity index (χ2v) is 5.57. The summed E-state index contributed by atoms with van der Waals surface area (Å²) >= 11 is 0. The van der Waals surface area contributed by atoms with Crippen molar-refractivity contribution in [3.63, 3.8) is 0 Å². The smallest absolute Gasteiger partial charge is 0.371 e. The molecule has 0 aliphatic heterocycles. The first-order chi connectivity index (χ1) is 7.84. The summed E-state index contributed by atoms with van der Waals surface area (Å²) in [5, 5.41) is 26.1. The number of carbonyl (C=O) groups is 1. The van der Waals surface area contributed by atoms with Gasteiger partial charge in [-0.2, -0.15) is 0 Å². The van der Waals surface area contributed by atoms with E-state index >= 15 is 0 Å². The van der Waals surface area contributed by atoms with E-state index in [0.717, 1.165) is 6.07 Å². The summed E-state index contributed by atoms with van der Waals surface area (Å²) in [7, 11) is -3.66. The Kier molecular flexibility index (Phi) is 4.27. The standard InChI is InChI=1S/C9H12O7S/c10-3-6(11)4-17(14,15)5-7-1-2-8(16-7)9(12)13/h1-2,6,10-11H,3-5H2,(H,12,13). The van der Waals surface area contributed by atoms with E-state index in [9.17, 15) is 13.2 Å². The zero-order valence-corrected chi connectivity index (χ0v) is 9.55. The highest BCUT2D eigenvalue weighted by Gasteiger charge is 2.20. The molecule has 3 N–H and O–H groups in total. The molecule has 1 atom stereocenters. The lowest BCUT2D eigenvalue weighted by Crippen LogP contribution is -2.25. The fourth-order valence-corrected chi connectivity index (χ4v) is 2.59. The lowest BCUT2D eigenvalue weighted by atomic mass is 10.4. The second-order valence-electron chi connectivity index (χ2n) is 3.46. The minimum Gasteiger partial charge on any atom is -0.475 e. The van der Waals surface area contributed by atoms with Gasteiger partial charge in [-0.05, 0) is 12.1 Å². The Bertz CT molecular complexity index is 487. The van der Waals surface area contributed by atoms with Crippen molar-refractivity contribution in [2.24, 2.45) is 0 Å². The number of sulfone groups is 1. The van der Waals surface area contributed by atoms with E-state index < -0.39 is 40.0 Å². The molecule has 0 spiro atoms. The summed E-state index contributed by atoms with van der Waals surface area (Å²) < 4.78 is 27.7. The van der Waals surface area contributed by atoms with Crippen molar-refractivity contribution < 1.29 is 32.9 Å². The molecule has 1 aromatic heterocycles. The third-order valence-electron chi connectivity index (χ3n) is 1.89.